The Balaban J connectivity index is 2.15. The molecule has 0 aromatic heterocycles. The molecule has 2 aromatic carbocycles. The van der Waals surface area contributed by atoms with Crippen molar-refractivity contribution < 1.29 is 14.3 Å². The Morgan fingerprint density at radius 2 is 1.85 bits per heavy atom. The third kappa shape index (κ3) is 2.96. The summed E-state index contributed by atoms with van der Waals surface area (Å²) in [5, 5.41) is 12.4. The van der Waals surface area contributed by atoms with Gasteiger partial charge in [0.1, 0.15) is 11.6 Å². The first-order valence-electron chi connectivity index (χ1n) is 6.34. The van der Waals surface area contributed by atoms with Crippen LogP contribution in [-0.4, -0.2) is 11.0 Å². The van der Waals surface area contributed by atoms with Crippen LogP contribution in [0.25, 0.3) is 0 Å². The lowest BCUT2D eigenvalue weighted by Gasteiger charge is -2.15. The second-order valence-corrected chi connectivity index (χ2v) is 4.70. The van der Waals surface area contributed by atoms with Crippen molar-refractivity contribution in [2.45, 2.75) is 19.9 Å². The Morgan fingerprint density at radius 1 is 1.20 bits per heavy atom. The molecule has 0 radical (unpaired) electrons. The fraction of sp³-hybridized carbons (Fsp3) is 0.188. The lowest BCUT2D eigenvalue weighted by atomic mass is 10.0. The number of benzene rings is 2. The van der Waals surface area contributed by atoms with E-state index in [4.69, 9.17) is 0 Å². The summed E-state index contributed by atoms with van der Waals surface area (Å²) in [7, 11) is 0. The summed E-state index contributed by atoms with van der Waals surface area (Å²) in [6.07, 6.45) is 0. The van der Waals surface area contributed by atoms with Crippen LogP contribution in [0.3, 0.4) is 0 Å². The summed E-state index contributed by atoms with van der Waals surface area (Å²) >= 11 is 0. The molecule has 2 aromatic rings. The maximum Gasteiger partial charge on any atom is 0.252 e. The van der Waals surface area contributed by atoms with Crippen LogP contribution in [-0.2, 0) is 0 Å². The average molecular weight is 273 g/mol. The van der Waals surface area contributed by atoms with Gasteiger partial charge in [-0.15, -0.1) is 0 Å². The lowest BCUT2D eigenvalue weighted by Crippen LogP contribution is -2.27. The van der Waals surface area contributed by atoms with Gasteiger partial charge in [-0.05, 0) is 43.7 Å². The molecule has 2 N–H and O–H groups in total. The number of amides is 1. The Kier molecular flexibility index (Phi) is 4.03. The zero-order chi connectivity index (χ0) is 14.7. The van der Waals surface area contributed by atoms with Crippen molar-refractivity contribution in [3.63, 3.8) is 0 Å². The Morgan fingerprint density at radius 3 is 2.50 bits per heavy atom. The van der Waals surface area contributed by atoms with Crippen LogP contribution in [0.4, 0.5) is 4.39 Å². The Labute approximate surface area is 117 Å². The van der Waals surface area contributed by atoms with Crippen LogP contribution in [0.15, 0.2) is 42.5 Å². The first-order chi connectivity index (χ1) is 9.49. The van der Waals surface area contributed by atoms with Crippen LogP contribution in [0.2, 0.25) is 0 Å². The summed E-state index contributed by atoms with van der Waals surface area (Å²) in [6.45, 7) is 3.51. The molecule has 0 fully saturated rings. The zero-order valence-electron chi connectivity index (χ0n) is 11.4. The van der Waals surface area contributed by atoms with Gasteiger partial charge < -0.3 is 10.4 Å². The van der Waals surface area contributed by atoms with Gasteiger partial charge in [-0.2, -0.15) is 0 Å². The molecule has 0 aliphatic rings. The van der Waals surface area contributed by atoms with Crippen molar-refractivity contribution in [3.8, 4) is 5.75 Å². The minimum atomic E-state index is -0.309. The minimum absolute atomic E-state index is 0.0899. The highest BCUT2D eigenvalue weighted by Crippen LogP contribution is 2.20. The molecule has 4 heteroatoms. The Bertz CT molecular complexity index is 623. The molecule has 20 heavy (non-hydrogen) atoms. The van der Waals surface area contributed by atoms with Crippen molar-refractivity contribution in [2.75, 3.05) is 0 Å². The normalized spacial score (nSPS) is 11.9. The monoisotopic (exact) mass is 273 g/mol. The first kappa shape index (κ1) is 14.1. The SMILES string of the molecule is Cc1c(O)cccc1C(=O)NC(C)c1ccc(F)cc1. The van der Waals surface area contributed by atoms with Crippen LogP contribution < -0.4 is 5.32 Å². The van der Waals surface area contributed by atoms with E-state index < -0.39 is 0 Å². The number of hydrogen-bond donors (Lipinski definition) is 2. The highest BCUT2D eigenvalue weighted by Gasteiger charge is 2.14. The zero-order valence-corrected chi connectivity index (χ0v) is 11.4. The van der Waals surface area contributed by atoms with E-state index in [1.54, 1.807) is 31.2 Å². The van der Waals surface area contributed by atoms with Gasteiger partial charge in [0.2, 0.25) is 0 Å². The van der Waals surface area contributed by atoms with Gasteiger partial charge in [0.25, 0.3) is 5.91 Å². The van der Waals surface area contributed by atoms with Crippen LogP contribution in [0.5, 0.6) is 5.75 Å². The average Bonchev–Trinajstić information content (AvgIpc) is 2.42. The summed E-state index contributed by atoms with van der Waals surface area (Å²) < 4.78 is 12.9. The number of carbonyl (C=O) groups excluding carboxylic acids is 1. The predicted octanol–water partition coefficient (Wildman–Crippen LogP) is 3.33. The quantitative estimate of drug-likeness (QED) is 0.901. The van der Waals surface area contributed by atoms with Gasteiger partial charge in [0.05, 0.1) is 6.04 Å². The molecule has 2 rings (SSSR count). The first-order valence-corrected chi connectivity index (χ1v) is 6.34. The van der Waals surface area contributed by atoms with Crippen molar-refractivity contribution in [1.82, 2.24) is 5.32 Å². The van der Waals surface area contributed by atoms with Crippen LogP contribution >= 0.6 is 0 Å². The number of hydrogen-bond acceptors (Lipinski definition) is 2. The molecule has 0 saturated carbocycles. The number of carbonyl (C=O) groups is 1. The molecule has 0 spiro atoms. The lowest BCUT2D eigenvalue weighted by molar-refractivity contribution is 0.0939. The van der Waals surface area contributed by atoms with E-state index in [0.717, 1.165) is 5.56 Å². The van der Waals surface area contributed by atoms with Crippen molar-refractivity contribution in [3.05, 3.63) is 65.0 Å². The van der Waals surface area contributed by atoms with E-state index >= 15 is 0 Å². The third-order valence-corrected chi connectivity index (χ3v) is 3.27. The van der Waals surface area contributed by atoms with Crippen molar-refractivity contribution in [2.24, 2.45) is 0 Å². The van der Waals surface area contributed by atoms with Gasteiger partial charge in [-0.1, -0.05) is 18.2 Å². The molecule has 0 aliphatic heterocycles. The number of rotatable bonds is 3. The topological polar surface area (TPSA) is 49.3 Å². The molecule has 0 bridgehead atoms. The van der Waals surface area contributed by atoms with Gasteiger partial charge in [0.15, 0.2) is 0 Å². The second-order valence-electron chi connectivity index (χ2n) is 4.70. The molecule has 1 atom stereocenters. The molecule has 104 valence electrons. The van der Waals surface area contributed by atoms with E-state index in [0.29, 0.717) is 11.1 Å². The molecule has 1 unspecified atom stereocenters. The van der Waals surface area contributed by atoms with Gasteiger partial charge in [-0.3, -0.25) is 4.79 Å². The fourth-order valence-electron chi connectivity index (χ4n) is 1.98. The van der Waals surface area contributed by atoms with Crippen LogP contribution in [0.1, 0.15) is 34.5 Å². The maximum atomic E-state index is 12.9. The largest absolute Gasteiger partial charge is 0.508 e. The number of nitrogens with one attached hydrogen (secondary N) is 1. The molecule has 0 heterocycles. The molecular weight excluding hydrogens is 257 g/mol. The summed E-state index contributed by atoms with van der Waals surface area (Å²) in [4.78, 5) is 12.2. The van der Waals surface area contributed by atoms with E-state index in [1.807, 2.05) is 6.92 Å². The smallest absolute Gasteiger partial charge is 0.252 e. The second kappa shape index (κ2) is 5.74. The molecular formula is C16H16FNO2. The van der Waals surface area contributed by atoms with E-state index in [9.17, 15) is 14.3 Å². The highest BCUT2D eigenvalue weighted by molar-refractivity contribution is 5.96. The standard InChI is InChI=1S/C16H16FNO2/c1-10-14(4-3-5-15(10)19)16(20)18-11(2)12-6-8-13(17)9-7-12/h3-9,11,19H,1-2H3,(H,18,20). The fourth-order valence-corrected chi connectivity index (χ4v) is 1.98. The predicted molar refractivity (Wildman–Crippen MR) is 75.1 cm³/mol. The summed E-state index contributed by atoms with van der Waals surface area (Å²) in [6, 6.07) is 10.6. The number of phenolic OH excluding ortho intramolecular Hbond substituents is 1. The van der Waals surface area contributed by atoms with E-state index in [1.165, 1.54) is 18.2 Å². The molecule has 3 nitrogen and oxygen atoms in total. The highest BCUT2D eigenvalue weighted by atomic mass is 19.1. The van der Waals surface area contributed by atoms with Gasteiger partial charge in [-0.25, -0.2) is 4.39 Å². The molecule has 1 amide bonds. The molecule has 0 saturated heterocycles. The van der Waals surface area contributed by atoms with E-state index in [2.05, 4.69) is 5.32 Å². The van der Waals surface area contributed by atoms with Gasteiger partial charge in [0, 0.05) is 11.1 Å². The molecule has 0 aliphatic carbocycles. The van der Waals surface area contributed by atoms with Crippen molar-refractivity contribution >= 4 is 5.91 Å². The Hall–Kier alpha value is -2.36. The van der Waals surface area contributed by atoms with Crippen LogP contribution in [0, 0.1) is 12.7 Å². The van der Waals surface area contributed by atoms with E-state index in [-0.39, 0.29) is 23.5 Å². The summed E-state index contributed by atoms with van der Waals surface area (Å²) in [5.74, 6) is -0.488. The minimum Gasteiger partial charge on any atom is -0.508 e. The van der Waals surface area contributed by atoms with Gasteiger partial charge >= 0.3 is 0 Å². The summed E-state index contributed by atoms with van der Waals surface area (Å²) in [5.41, 5.74) is 1.79. The number of aromatic hydroxyl groups is 1. The maximum absolute atomic E-state index is 12.9. The number of phenols is 1. The van der Waals surface area contributed by atoms with Crippen molar-refractivity contribution in [1.29, 1.82) is 0 Å². The third-order valence-electron chi connectivity index (χ3n) is 3.27. The number of halogens is 1.